The predicted octanol–water partition coefficient (Wildman–Crippen LogP) is 3.37. The van der Waals surface area contributed by atoms with Crippen LogP contribution in [0, 0.1) is 11.7 Å². The topological polar surface area (TPSA) is 59.4 Å². The standard InChI is InChI=1S/C24H33FN4O2/c1-3-17(4-2)22(28-12-14-31-15-13-28)16-26-24(30)23-20-6-5-7-21(20)29(27-23)19-10-8-18(25)9-11-19/h8-11,17,22H,3-7,12-16H2,1-2H3,(H,26,30)/t22-/m1/s1. The van der Waals surface area contributed by atoms with Gasteiger partial charge in [0.05, 0.1) is 18.9 Å². The molecule has 2 aromatic rings. The highest BCUT2D eigenvalue weighted by atomic mass is 19.1. The molecule has 0 radical (unpaired) electrons. The minimum Gasteiger partial charge on any atom is -0.379 e. The van der Waals surface area contributed by atoms with Gasteiger partial charge in [-0.25, -0.2) is 9.07 Å². The second-order valence-electron chi connectivity index (χ2n) is 8.52. The lowest BCUT2D eigenvalue weighted by Gasteiger charge is -2.38. The van der Waals surface area contributed by atoms with Gasteiger partial charge >= 0.3 is 0 Å². The van der Waals surface area contributed by atoms with Crippen LogP contribution in [-0.4, -0.2) is 59.5 Å². The van der Waals surface area contributed by atoms with Gasteiger partial charge in [-0.2, -0.15) is 5.10 Å². The van der Waals surface area contributed by atoms with Crippen LogP contribution in [0.25, 0.3) is 5.69 Å². The largest absolute Gasteiger partial charge is 0.379 e. The van der Waals surface area contributed by atoms with Crippen LogP contribution in [0.1, 0.15) is 54.9 Å². The highest BCUT2D eigenvalue weighted by molar-refractivity contribution is 5.94. The molecule has 0 spiro atoms. The minimum absolute atomic E-state index is 0.108. The van der Waals surface area contributed by atoms with Crippen molar-refractivity contribution in [3.63, 3.8) is 0 Å². The number of rotatable bonds is 8. The quantitative estimate of drug-likeness (QED) is 0.700. The van der Waals surface area contributed by atoms with Gasteiger partial charge in [0.15, 0.2) is 5.69 Å². The van der Waals surface area contributed by atoms with Crippen molar-refractivity contribution < 1.29 is 13.9 Å². The Morgan fingerprint density at radius 1 is 1.16 bits per heavy atom. The van der Waals surface area contributed by atoms with Gasteiger partial charge in [-0.15, -0.1) is 0 Å². The van der Waals surface area contributed by atoms with Crippen LogP contribution < -0.4 is 5.32 Å². The number of aromatic nitrogens is 2. The Morgan fingerprint density at radius 3 is 2.55 bits per heavy atom. The second-order valence-corrected chi connectivity index (χ2v) is 8.52. The highest BCUT2D eigenvalue weighted by Crippen LogP contribution is 2.28. The number of morpholine rings is 1. The third-order valence-electron chi connectivity index (χ3n) is 6.80. The molecule has 168 valence electrons. The summed E-state index contributed by atoms with van der Waals surface area (Å²) >= 11 is 0. The zero-order chi connectivity index (χ0) is 21.8. The number of benzene rings is 1. The van der Waals surface area contributed by atoms with E-state index in [0.29, 0.717) is 24.2 Å². The summed E-state index contributed by atoms with van der Waals surface area (Å²) in [6.07, 6.45) is 4.93. The fraction of sp³-hybridized carbons (Fsp3) is 0.583. The molecule has 6 nitrogen and oxygen atoms in total. The SMILES string of the molecule is CCC(CC)[C@@H](CNC(=O)c1nn(-c2ccc(F)cc2)c2c1CCC2)N1CCOCC1. The Bertz CT molecular complexity index is 886. The molecule has 0 bridgehead atoms. The number of hydrogen-bond acceptors (Lipinski definition) is 4. The zero-order valence-corrected chi connectivity index (χ0v) is 18.6. The first-order chi connectivity index (χ1) is 15.1. The molecular formula is C24H33FN4O2. The molecule has 4 rings (SSSR count). The van der Waals surface area contributed by atoms with Crippen LogP contribution >= 0.6 is 0 Å². The maximum absolute atomic E-state index is 13.4. The molecule has 2 aliphatic rings. The first kappa shape index (κ1) is 22.0. The van der Waals surface area contributed by atoms with E-state index >= 15 is 0 Å². The third kappa shape index (κ3) is 4.67. The van der Waals surface area contributed by atoms with Gasteiger partial charge in [0.2, 0.25) is 0 Å². The summed E-state index contributed by atoms with van der Waals surface area (Å²) in [7, 11) is 0. The van der Waals surface area contributed by atoms with Crippen LogP contribution in [0.15, 0.2) is 24.3 Å². The highest BCUT2D eigenvalue weighted by Gasteiger charge is 2.30. The van der Waals surface area contributed by atoms with E-state index in [-0.39, 0.29) is 11.7 Å². The van der Waals surface area contributed by atoms with E-state index in [2.05, 4.69) is 29.2 Å². The fourth-order valence-corrected chi connectivity index (χ4v) is 5.03. The normalized spacial score (nSPS) is 17.7. The van der Waals surface area contributed by atoms with E-state index in [1.165, 1.54) is 12.1 Å². The molecule has 1 amide bonds. The molecule has 7 heteroatoms. The smallest absolute Gasteiger partial charge is 0.272 e. The van der Waals surface area contributed by atoms with Gasteiger partial charge < -0.3 is 10.1 Å². The van der Waals surface area contributed by atoms with E-state index in [1.54, 1.807) is 12.1 Å². The van der Waals surface area contributed by atoms with Crippen LogP contribution in [-0.2, 0) is 17.6 Å². The molecule has 1 N–H and O–H groups in total. The zero-order valence-electron chi connectivity index (χ0n) is 18.6. The molecular weight excluding hydrogens is 395 g/mol. The average molecular weight is 429 g/mol. The number of nitrogens with zero attached hydrogens (tertiary/aromatic N) is 3. The lowest BCUT2D eigenvalue weighted by Crippen LogP contribution is -2.52. The van der Waals surface area contributed by atoms with Crippen molar-refractivity contribution in [3.8, 4) is 5.69 Å². The number of carbonyl (C=O) groups is 1. The van der Waals surface area contributed by atoms with Crippen molar-refractivity contribution in [2.45, 2.75) is 52.0 Å². The molecule has 1 aromatic heterocycles. The second kappa shape index (κ2) is 9.92. The fourth-order valence-electron chi connectivity index (χ4n) is 5.03. The number of nitrogens with one attached hydrogen (secondary N) is 1. The van der Waals surface area contributed by atoms with Crippen molar-refractivity contribution in [2.24, 2.45) is 5.92 Å². The summed E-state index contributed by atoms with van der Waals surface area (Å²) in [5.41, 5.74) is 3.41. The Labute approximate surface area is 183 Å². The van der Waals surface area contributed by atoms with E-state index in [0.717, 1.165) is 75.4 Å². The van der Waals surface area contributed by atoms with Crippen molar-refractivity contribution in [2.75, 3.05) is 32.8 Å². The first-order valence-corrected chi connectivity index (χ1v) is 11.6. The summed E-state index contributed by atoms with van der Waals surface area (Å²) in [6.45, 7) is 8.38. The molecule has 1 aliphatic carbocycles. The maximum atomic E-state index is 13.4. The maximum Gasteiger partial charge on any atom is 0.272 e. The lowest BCUT2D eigenvalue weighted by molar-refractivity contribution is 0.00190. The van der Waals surface area contributed by atoms with Crippen LogP contribution in [0.5, 0.6) is 0 Å². The van der Waals surface area contributed by atoms with E-state index in [4.69, 9.17) is 4.74 Å². The van der Waals surface area contributed by atoms with Crippen LogP contribution in [0.4, 0.5) is 4.39 Å². The minimum atomic E-state index is -0.277. The molecule has 1 saturated heterocycles. The number of halogens is 1. The summed E-state index contributed by atoms with van der Waals surface area (Å²) in [4.78, 5) is 15.7. The van der Waals surface area contributed by atoms with Crippen molar-refractivity contribution in [1.82, 2.24) is 20.0 Å². The van der Waals surface area contributed by atoms with E-state index in [9.17, 15) is 9.18 Å². The Hall–Kier alpha value is -2.25. The molecule has 0 saturated carbocycles. The number of hydrogen-bond donors (Lipinski definition) is 1. The van der Waals surface area contributed by atoms with Gasteiger partial charge in [-0.3, -0.25) is 9.69 Å². The van der Waals surface area contributed by atoms with Crippen LogP contribution in [0.3, 0.4) is 0 Å². The van der Waals surface area contributed by atoms with E-state index < -0.39 is 0 Å². The molecule has 2 heterocycles. The van der Waals surface area contributed by atoms with E-state index in [1.807, 2.05) is 4.68 Å². The molecule has 31 heavy (non-hydrogen) atoms. The number of ether oxygens (including phenoxy) is 1. The van der Waals surface area contributed by atoms with Gasteiger partial charge in [0.25, 0.3) is 5.91 Å². The Kier molecular flexibility index (Phi) is 7.02. The van der Waals surface area contributed by atoms with Gasteiger partial charge in [-0.05, 0) is 49.4 Å². The summed E-state index contributed by atoms with van der Waals surface area (Å²) < 4.78 is 20.7. The van der Waals surface area contributed by atoms with Gasteiger partial charge in [0.1, 0.15) is 5.82 Å². The molecule has 1 aromatic carbocycles. The van der Waals surface area contributed by atoms with Gasteiger partial charge in [0, 0.05) is 36.9 Å². The van der Waals surface area contributed by atoms with Crippen molar-refractivity contribution >= 4 is 5.91 Å². The molecule has 1 aliphatic heterocycles. The third-order valence-corrected chi connectivity index (χ3v) is 6.80. The molecule has 1 atom stereocenters. The van der Waals surface area contributed by atoms with Crippen LogP contribution in [0.2, 0.25) is 0 Å². The summed E-state index contributed by atoms with van der Waals surface area (Å²) in [5.74, 6) is 0.144. The number of fused-ring (bicyclic) bond motifs is 1. The Morgan fingerprint density at radius 2 is 1.87 bits per heavy atom. The Balaban J connectivity index is 1.52. The summed E-state index contributed by atoms with van der Waals surface area (Å²) in [6, 6.07) is 6.59. The molecule has 0 unspecified atom stereocenters. The monoisotopic (exact) mass is 428 g/mol. The van der Waals surface area contributed by atoms with Gasteiger partial charge in [-0.1, -0.05) is 26.7 Å². The van der Waals surface area contributed by atoms with Crippen molar-refractivity contribution in [3.05, 3.63) is 47.0 Å². The van der Waals surface area contributed by atoms with Crippen molar-refractivity contribution in [1.29, 1.82) is 0 Å². The lowest BCUT2D eigenvalue weighted by atomic mass is 9.92. The first-order valence-electron chi connectivity index (χ1n) is 11.6. The summed E-state index contributed by atoms with van der Waals surface area (Å²) in [5, 5.41) is 7.85. The average Bonchev–Trinajstić information content (AvgIpc) is 3.41. The number of amides is 1. The predicted molar refractivity (Wildman–Crippen MR) is 118 cm³/mol. The number of carbonyl (C=O) groups excluding carboxylic acids is 1. The molecule has 1 fully saturated rings.